The van der Waals surface area contributed by atoms with Gasteiger partial charge in [-0.2, -0.15) is 0 Å². The molecule has 4 nitrogen and oxygen atoms in total. The molecule has 2 aromatic carbocycles. The van der Waals surface area contributed by atoms with Crippen molar-refractivity contribution in [2.75, 3.05) is 0 Å². The molecule has 3 aromatic rings. The molecule has 3 rings (SSSR count). The molecule has 1 aromatic heterocycles. The van der Waals surface area contributed by atoms with Crippen molar-refractivity contribution in [2.24, 2.45) is 0 Å². The SMILES string of the molecule is CCCCC/C=C/C(=O)Oc1ccc(-c2ncc(-c3ccc(CCCCC)cc3)cn2)cc1. The Morgan fingerprint density at radius 1 is 0.788 bits per heavy atom. The third-order valence-corrected chi connectivity index (χ3v) is 5.57. The lowest BCUT2D eigenvalue weighted by atomic mass is 10.0. The number of rotatable bonds is 12. The van der Waals surface area contributed by atoms with Gasteiger partial charge >= 0.3 is 5.97 Å². The van der Waals surface area contributed by atoms with Crippen molar-refractivity contribution in [3.05, 3.63) is 78.6 Å². The van der Waals surface area contributed by atoms with Gasteiger partial charge < -0.3 is 4.74 Å². The number of carbonyl (C=O) groups is 1. The number of unbranched alkanes of at least 4 members (excludes halogenated alkanes) is 5. The Morgan fingerprint density at radius 2 is 1.42 bits per heavy atom. The molecule has 172 valence electrons. The molecule has 33 heavy (non-hydrogen) atoms. The maximum absolute atomic E-state index is 11.9. The van der Waals surface area contributed by atoms with Crippen LogP contribution in [0, 0.1) is 0 Å². The van der Waals surface area contributed by atoms with Gasteiger partial charge in [-0.3, -0.25) is 0 Å². The van der Waals surface area contributed by atoms with E-state index < -0.39 is 0 Å². The minimum absolute atomic E-state index is 0.351. The lowest BCUT2D eigenvalue weighted by molar-refractivity contribution is -0.129. The molecule has 0 fully saturated rings. The second kappa shape index (κ2) is 13.3. The van der Waals surface area contributed by atoms with Gasteiger partial charge in [-0.05, 0) is 61.1 Å². The second-order valence-electron chi connectivity index (χ2n) is 8.29. The van der Waals surface area contributed by atoms with Crippen LogP contribution in [-0.4, -0.2) is 15.9 Å². The third kappa shape index (κ3) is 7.98. The van der Waals surface area contributed by atoms with Crippen molar-refractivity contribution in [1.29, 1.82) is 0 Å². The quantitative estimate of drug-likeness (QED) is 0.125. The summed E-state index contributed by atoms with van der Waals surface area (Å²) in [5.41, 5.74) is 4.36. The van der Waals surface area contributed by atoms with Gasteiger partial charge in [0.15, 0.2) is 5.82 Å². The molecule has 0 aliphatic rings. The average Bonchev–Trinajstić information content (AvgIpc) is 2.85. The summed E-state index contributed by atoms with van der Waals surface area (Å²) in [5, 5.41) is 0. The molecule has 0 bridgehead atoms. The molecule has 0 spiro atoms. The number of hydrogen-bond acceptors (Lipinski definition) is 4. The van der Waals surface area contributed by atoms with E-state index in [2.05, 4.69) is 48.1 Å². The summed E-state index contributed by atoms with van der Waals surface area (Å²) in [4.78, 5) is 21.0. The van der Waals surface area contributed by atoms with E-state index in [1.54, 1.807) is 12.1 Å². The summed E-state index contributed by atoms with van der Waals surface area (Å²) >= 11 is 0. The van der Waals surface area contributed by atoms with Crippen molar-refractivity contribution in [3.63, 3.8) is 0 Å². The maximum Gasteiger partial charge on any atom is 0.335 e. The van der Waals surface area contributed by atoms with Gasteiger partial charge in [0.1, 0.15) is 5.75 Å². The Morgan fingerprint density at radius 3 is 2.09 bits per heavy atom. The number of benzene rings is 2. The summed E-state index contributed by atoms with van der Waals surface area (Å²) < 4.78 is 5.36. The van der Waals surface area contributed by atoms with Gasteiger partial charge in [-0.15, -0.1) is 0 Å². The van der Waals surface area contributed by atoms with Gasteiger partial charge in [0.05, 0.1) is 0 Å². The van der Waals surface area contributed by atoms with Crippen LogP contribution in [0.3, 0.4) is 0 Å². The molecule has 0 unspecified atom stereocenters. The Bertz CT molecular complexity index is 1010. The van der Waals surface area contributed by atoms with E-state index in [4.69, 9.17) is 4.74 Å². The van der Waals surface area contributed by atoms with E-state index in [0.29, 0.717) is 11.6 Å². The molecule has 0 saturated carbocycles. The van der Waals surface area contributed by atoms with Crippen molar-refractivity contribution in [2.45, 2.75) is 65.2 Å². The molecule has 0 N–H and O–H groups in total. The van der Waals surface area contributed by atoms with Crippen molar-refractivity contribution in [1.82, 2.24) is 9.97 Å². The monoisotopic (exact) mass is 442 g/mol. The van der Waals surface area contributed by atoms with Crippen LogP contribution < -0.4 is 4.74 Å². The maximum atomic E-state index is 11.9. The third-order valence-electron chi connectivity index (χ3n) is 5.57. The number of aryl methyl sites for hydroxylation is 1. The molecule has 0 radical (unpaired) electrons. The van der Waals surface area contributed by atoms with Gasteiger partial charge in [-0.1, -0.05) is 69.9 Å². The minimum atomic E-state index is -0.351. The Labute approximate surface area is 197 Å². The largest absolute Gasteiger partial charge is 0.423 e. The Hall–Kier alpha value is -3.27. The van der Waals surface area contributed by atoms with Gasteiger partial charge in [0.25, 0.3) is 0 Å². The number of aromatic nitrogens is 2. The fourth-order valence-electron chi connectivity index (χ4n) is 3.58. The lowest BCUT2D eigenvalue weighted by Crippen LogP contribution is -2.03. The molecular formula is C29H34N2O2. The first-order valence-electron chi connectivity index (χ1n) is 12.1. The Balaban J connectivity index is 1.55. The summed E-state index contributed by atoms with van der Waals surface area (Å²) in [6, 6.07) is 15.9. The summed E-state index contributed by atoms with van der Waals surface area (Å²) in [5.74, 6) is 0.803. The number of hydrogen-bond donors (Lipinski definition) is 0. The number of nitrogens with zero attached hydrogens (tertiary/aromatic N) is 2. The highest BCUT2D eigenvalue weighted by Gasteiger charge is 2.06. The highest BCUT2D eigenvalue weighted by atomic mass is 16.5. The smallest absolute Gasteiger partial charge is 0.335 e. The van der Waals surface area contributed by atoms with E-state index in [0.717, 1.165) is 36.0 Å². The van der Waals surface area contributed by atoms with Crippen LogP contribution in [0.4, 0.5) is 0 Å². The normalized spacial score (nSPS) is 11.1. The summed E-state index contributed by atoms with van der Waals surface area (Å²) in [6.45, 7) is 4.39. The zero-order valence-electron chi connectivity index (χ0n) is 19.8. The van der Waals surface area contributed by atoms with Gasteiger partial charge in [0.2, 0.25) is 0 Å². The Kier molecular flexibility index (Phi) is 9.84. The number of ether oxygens (including phenoxy) is 1. The molecule has 0 amide bonds. The zero-order valence-corrected chi connectivity index (χ0v) is 19.8. The van der Waals surface area contributed by atoms with Crippen LogP contribution >= 0.6 is 0 Å². The number of esters is 1. The predicted molar refractivity (Wildman–Crippen MR) is 135 cm³/mol. The molecule has 0 atom stereocenters. The van der Waals surface area contributed by atoms with E-state index >= 15 is 0 Å². The van der Waals surface area contributed by atoms with Crippen LogP contribution in [0.1, 0.15) is 64.4 Å². The van der Waals surface area contributed by atoms with E-state index in [-0.39, 0.29) is 5.97 Å². The molecule has 0 aliphatic heterocycles. The number of allylic oxidation sites excluding steroid dienone is 1. The van der Waals surface area contributed by atoms with Gasteiger partial charge in [-0.25, -0.2) is 14.8 Å². The molecule has 1 heterocycles. The summed E-state index contributed by atoms with van der Waals surface area (Å²) in [6.07, 6.45) is 16.3. The minimum Gasteiger partial charge on any atom is -0.423 e. The van der Waals surface area contributed by atoms with Crippen LogP contribution in [-0.2, 0) is 11.2 Å². The molecule has 0 saturated heterocycles. The van der Waals surface area contributed by atoms with Crippen molar-refractivity contribution in [3.8, 4) is 28.3 Å². The average molecular weight is 443 g/mol. The highest BCUT2D eigenvalue weighted by molar-refractivity contribution is 5.84. The number of carbonyl (C=O) groups excluding carboxylic acids is 1. The highest BCUT2D eigenvalue weighted by Crippen LogP contribution is 2.23. The van der Waals surface area contributed by atoms with Crippen molar-refractivity contribution >= 4 is 5.97 Å². The fraction of sp³-hybridized carbons (Fsp3) is 0.345. The first-order valence-corrected chi connectivity index (χ1v) is 12.1. The standard InChI is InChI=1S/C29H34N2O2/c1-3-5-7-8-10-12-28(32)33-27-19-17-25(18-20-27)29-30-21-26(22-31-29)24-15-13-23(14-16-24)11-9-6-4-2/h10,12-22H,3-9,11H2,1-2H3/b12-10+. The topological polar surface area (TPSA) is 52.1 Å². The molecule has 4 heteroatoms. The lowest BCUT2D eigenvalue weighted by Gasteiger charge is -2.06. The first kappa shape index (κ1) is 24.4. The van der Waals surface area contributed by atoms with Crippen LogP contribution in [0.15, 0.2) is 73.1 Å². The summed E-state index contributed by atoms with van der Waals surface area (Å²) in [7, 11) is 0. The predicted octanol–water partition coefficient (Wildman–Crippen LogP) is 7.59. The van der Waals surface area contributed by atoms with Gasteiger partial charge in [0, 0.05) is 29.6 Å². The van der Waals surface area contributed by atoms with Crippen LogP contribution in [0.2, 0.25) is 0 Å². The fourth-order valence-corrected chi connectivity index (χ4v) is 3.58. The van der Waals surface area contributed by atoms with Crippen molar-refractivity contribution < 1.29 is 9.53 Å². The van der Waals surface area contributed by atoms with Crippen LogP contribution in [0.5, 0.6) is 5.75 Å². The molecule has 0 aliphatic carbocycles. The zero-order chi connectivity index (χ0) is 23.3. The van der Waals surface area contributed by atoms with E-state index in [1.165, 1.54) is 43.7 Å². The van der Waals surface area contributed by atoms with Crippen LogP contribution in [0.25, 0.3) is 22.5 Å². The first-order chi connectivity index (χ1) is 16.2. The van der Waals surface area contributed by atoms with E-state index in [9.17, 15) is 4.79 Å². The second-order valence-corrected chi connectivity index (χ2v) is 8.29. The molecular weight excluding hydrogens is 408 g/mol. The van der Waals surface area contributed by atoms with E-state index in [1.807, 2.05) is 30.6 Å².